The summed E-state index contributed by atoms with van der Waals surface area (Å²) in [7, 11) is 0. The largest absolute Gasteiger partial charge is 0.422 e. The minimum absolute atomic E-state index is 0.0772. The Kier molecular flexibility index (Phi) is 11.6. The van der Waals surface area contributed by atoms with Crippen molar-refractivity contribution in [1.82, 2.24) is 4.90 Å². The van der Waals surface area contributed by atoms with Gasteiger partial charge in [-0.25, -0.2) is 0 Å². The lowest BCUT2D eigenvalue weighted by molar-refractivity contribution is -0.147. The summed E-state index contributed by atoms with van der Waals surface area (Å²) in [6.07, 6.45) is 2.92. The number of benzene rings is 3. The van der Waals surface area contributed by atoms with E-state index in [0.29, 0.717) is 31.5 Å². The van der Waals surface area contributed by atoms with Crippen LogP contribution < -0.4 is 9.47 Å². The molecule has 6 heteroatoms. The number of hydrogen-bond donors (Lipinski definition) is 0. The van der Waals surface area contributed by atoms with Crippen LogP contribution in [0.1, 0.15) is 88.7 Å². The molecule has 0 aromatic heterocycles. The Morgan fingerprint density at radius 2 is 1.10 bits per heavy atom. The van der Waals surface area contributed by atoms with Crippen molar-refractivity contribution in [1.29, 1.82) is 0 Å². The fourth-order valence-electron chi connectivity index (χ4n) is 4.92. The summed E-state index contributed by atoms with van der Waals surface area (Å²) in [5.74, 6) is -0.768. The quantitative estimate of drug-likeness (QED) is 0.104. The Bertz CT molecular complexity index is 1290. The van der Waals surface area contributed by atoms with E-state index in [2.05, 4.69) is 4.90 Å². The molecule has 0 bridgehead atoms. The van der Waals surface area contributed by atoms with Crippen LogP contribution in [0.5, 0.6) is 11.5 Å². The Hall–Kier alpha value is -3.77. The van der Waals surface area contributed by atoms with E-state index in [4.69, 9.17) is 9.47 Å². The summed E-state index contributed by atoms with van der Waals surface area (Å²) in [5.41, 5.74) is 1.14. The predicted molar refractivity (Wildman–Crippen MR) is 166 cm³/mol. The van der Waals surface area contributed by atoms with Gasteiger partial charge in [0.25, 0.3) is 0 Å². The van der Waals surface area contributed by atoms with Crippen LogP contribution >= 0.6 is 0 Å². The van der Waals surface area contributed by atoms with Gasteiger partial charge >= 0.3 is 11.9 Å². The third-order valence-electron chi connectivity index (χ3n) is 7.39. The Labute approximate surface area is 251 Å². The van der Waals surface area contributed by atoms with Crippen molar-refractivity contribution in [3.05, 3.63) is 95.6 Å². The van der Waals surface area contributed by atoms with E-state index in [0.717, 1.165) is 24.0 Å². The number of rotatable bonds is 15. The van der Waals surface area contributed by atoms with Crippen LogP contribution in [-0.2, 0) is 22.7 Å². The van der Waals surface area contributed by atoms with Crippen molar-refractivity contribution < 1.29 is 23.9 Å². The highest BCUT2D eigenvalue weighted by Gasteiger charge is 2.32. The topological polar surface area (TPSA) is 72.9 Å². The van der Waals surface area contributed by atoms with Gasteiger partial charge in [-0.2, -0.15) is 0 Å². The molecule has 0 fully saturated rings. The van der Waals surface area contributed by atoms with Crippen LogP contribution in [0.15, 0.2) is 78.9 Å². The second-order valence-electron chi connectivity index (χ2n) is 12.2. The van der Waals surface area contributed by atoms with Gasteiger partial charge in [0.15, 0.2) is 17.3 Å². The number of esters is 2. The van der Waals surface area contributed by atoms with E-state index in [-0.39, 0.29) is 23.8 Å². The molecule has 0 aliphatic heterocycles. The first-order valence-electron chi connectivity index (χ1n) is 14.9. The van der Waals surface area contributed by atoms with E-state index in [1.54, 1.807) is 12.1 Å². The van der Waals surface area contributed by atoms with Gasteiger partial charge in [-0.05, 0) is 69.9 Å². The number of Topliss-reactive ketones (excluding diaryl/α,β-unsaturated/α-hetero) is 1. The summed E-state index contributed by atoms with van der Waals surface area (Å²) in [6, 6.07) is 24.8. The molecule has 224 valence electrons. The lowest BCUT2D eigenvalue weighted by Crippen LogP contribution is -2.31. The van der Waals surface area contributed by atoms with Crippen molar-refractivity contribution in [3.63, 3.8) is 0 Å². The highest BCUT2D eigenvalue weighted by Crippen LogP contribution is 2.35. The lowest BCUT2D eigenvalue weighted by atomic mass is 9.88. The Morgan fingerprint density at radius 3 is 1.55 bits per heavy atom. The standard InChI is InChI=1S/C36H45NO5/c1-7-21-35(3,4)33(39)41-31-20-19-29(23-32(31)42-34(40)36(5,6)22-8-2)30(38)26-37(24-27-15-11-9-12-16-27)25-28-17-13-10-14-18-28/h9-20,23H,7-8,21-22,24-26H2,1-6H3. The molecule has 0 radical (unpaired) electrons. The zero-order valence-electron chi connectivity index (χ0n) is 25.9. The zero-order chi connectivity index (χ0) is 30.8. The van der Waals surface area contributed by atoms with Crippen molar-refractivity contribution in [2.45, 2.75) is 80.3 Å². The maximum atomic E-state index is 13.7. The van der Waals surface area contributed by atoms with Crippen molar-refractivity contribution in [2.75, 3.05) is 6.54 Å². The van der Waals surface area contributed by atoms with E-state index >= 15 is 0 Å². The fraction of sp³-hybridized carbons (Fsp3) is 0.417. The average molecular weight is 572 g/mol. The normalized spacial score (nSPS) is 11.8. The van der Waals surface area contributed by atoms with Crippen LogP contribution in [-0.4, -0.2) is 29.2 Å². The van der Waals surface area contributed by atoms with Gasteiger partial charge in [0.1, 0.15) is 0 Å². The van der Waals surface area contributed by atoms with Gasteiger partial charge in [-0.15, -0.1) is 0 Å². The van der Waals surface area contributed by atoms with Crippen molar-refractivity contribution in [3.8, 4) is 11.5 Å². The lowest BCUT2D eigenvalue weighted by Gasteiger charge is -2.25. The Morgan fingerprint density at radius 1 is 0.643 bits per heavy atom. The number of carbonyl (C=O) groups is 3. The number of carbonyl (C=O) groups excluding carboxylic acids is 3. The summed E-state index contributed by atoms with van der Waals surface area (Å²) >= 11 is 0. The summed E-state index contributed by atoms with van der Waals surface area (Å²) < 4.78 is 11.6. The zero-order valence-corrected chi connectivity index (χ0v) is 25.9. The molecule has 0 spiro atoms. The maximum absolute atomic E-state index is 13.7. The molecular weight excluding hydrogens is 526 g/mol. The van der Waals surface area contributed by atoms with Crippen LogP contribution in [0.2, 0.25) is 0 Å². The fourth-order valence-corrected chi connectivity index (χ4v) is 4.92. The van der Waals surface area contributed by atoms with E-state index in [1.807, 2.05) is 102 Å². The van der Waals surface area contributed by atoms with E-state index in [1.165, 1.54) is 6.07 Å². The second-order valence-corrected chi connectivity index (χ2v) is 12.2. The molecule has 0 N–H and O–H groups in total. The molecule has 42 heavy (non-hydrogen) atoms. The summed E-state index contributed by atoms with van der Waals surface area (Å²) in [6.45, 7) is 12.7. The highest BCUT2D eigenvalue weighted by atomic mass is 16.6. The number of ether oxygens (including phenoxy) is 2. The first-order valence-corrected chi connectivity index (χ1v) is 14.9. The highest BCUT2D eigenvalue weighted by molar-refractivity contribution is 5.98. The smallest absolute Gasteiger partial charge is 0.317 e. The number of nitrogens with zero attached hydrogens (tertiary/aromatic N) is 1. The minimum Gasteiger partial charge on any atom is -0.422 e. The maximum Gasteiger partial charge on any atom is 0.317 e. The molecule has 0 aliphatic carbocycles. The molecule has 3 aromatic carbocycles. The first-order chi connectivity index (χ1) is 19.9. The first kappa shape index (κ1) is 32.7. The van der Waals surface area contributed by atoms with Gasteiger partial charge in [-0.3, -0.25) is 19.3 Å². The van der Waals surface area contributed by atoms with Gasteiger partial charge in [0, 0.05) is 18.7 Å². The van der Waals surface area contributed by atoms with E-state index in [9.17, 15) is 14.4 Å². The molecule has 6 nitrogen and oxygen atoms in total. The van der Waals surface area contributed by atoms with E-state index < -0.39 is 22.8 Å². The third kappa shape index (κ3) is 9.38. The molecule has 0 unspecified atom stereocenters. The summed E-state index contributed by atoms with van der Waals surface area (Å²) in [5, 5.41) is 0. The van der Waals surface area contributed by atoms with Gasteiger partial charge in [0.2, 0.25) is 0 Å². The van der Waals surface area contributed by atoms with Crippen LogP contribution in [0.25, 0.3) is 0 Å². The number of ketones is 1. The molecule has 0 atom stereocenters. The molecule has 3 rings (SSSR count). The summed E-state index contributed by atoms with van der Waals surface area (Å²) in [4.78, 5) is 42.0. The monoisotopic (exact) mass is 571 g/mol. The SMILES string of the molecule is CCCC(C)(C)C(=O)Oc1ccc(C(=O)CN(Cc2ccccc2)Cc2ccccc2)cc1OC(=O)C(C)(C)CCC. The predicted octanol–water partition coefficient (Wildman–Crippen LogP) is 8.04. The molecular formula is C36H45NO5. The van der Waals surface area contributed by atoms with Gasteiger partial charge in [-0.1, -0.05) is 87.4 Å². The molecule has 3 aromatic rings. The molecule has 0 saturated carbocycles. The number of hydrogen-bond acceptors (Lipinski definition) is 6. The van der Waals surface area contributed by atoms with Crippen LogP contribution in [0.4, 0.5) is 0 Å². The van der Waals surface area contributed by atoms with Crippen molar-refractivity contribution >= 4 is 17.7 Å². The van der Waals surface area contributed by atoms with Crippen LogP contribution in [0, 0.1) is 10.8 Å². The van der Waals surface area contributed by atoms with Gasteiger partial charge < -0.3 is 9.47 Å². The molecule has 0 heterocycles. The Balaban J connectivity index is 1.91. The molecule has 0 saturated heterocycles. The average Bonchev–Trinajstić information content (AvgIpc) is 2.94. The molecule has 0 aliphatic rings. The van der Waals surface area contributed by atoms with Crippen molar-refractivity contribution in [2.24, 2.45) is 10.8 Å². The van der Waals surface area contributed by atoms with Gasteiger partial charge in [0.05, 0.1) is 17.4 Å². The third-order valence-corrected chi connectivity index (χ3v) is 7.39. The van der Waals surface area contributed by atoms with Crippen LogP contribution in [0.3, 0.4) is 0 Å². The molecule has 0 amide bonds. The second kappa shape index (κ2) is 14.9. The minimum atomic E-state index is -0.736.